The van der Waals surface area contributed by atoms with Gasteiger partial charge in [0.15, 0.2) is 6.10 Å². The first kappa shape index (κ1) is 16.3. The van der Waals surface area contributed by atoms with Crippen LogP contribution >= 0.6 is 27.7 Å². The third-order valence-electron chi connectivity index (χ3n) is 3.05. The highest BCUT2D eigenvalue weighted by Gasteiger charge is 2.32. The Kier molecular flexibility index (Phi) is 5.66. The van der Waals surface area contributed by atoms with E-state index in [2.05, 4.69) is 15.9 Å². The molecule has 0 radical (unpaired) electrons. The number of rotatable bonds is 4. The molecule has 7 heteroatoms. The molecular weight excluding hydrogens is 358 g/mol. The van der Waals surface area contributed by atoms with Crippen LogP contribution in [0.15, 0.2) is 33.6 Å². The van der Waals surface area contributed by atoms with Crippen molar-refractivity contribution in [3.63, 3.8) is 0 Å². The molecule has 1 aromatic rings. The van der Waals surface area contributed by atoms with Crippen LogP contribution in [-0.2, 0) is 14.3 Å². The summed E-state index contributed by atoms with van der Waals surface area (Å²) >= 11 is 4.82. The van der Waals surface area contributed by atoms with Gasteiger partial charge in [0.2, 0.25) is 5.91 Å². The number of carboxylic acid groups (broad SMARTS) is 1. The van der Waals surface area contributed by atoms with Crippen molar-refractivity contribution in [2.75, 3.05) is 18.8 Å². The maximum Gasteiger partial charge on any atom is 0.334 e. The van der Waals surface area contributed by atoms with E-state index in [0.29, 0.717) is 6.54 Å². The van der Waals surface area contributed by atoms with Gasteiger partial charge in [0.05, 0.1) is 18.4 Å². The van der Waals surface area contributed by atoms with Crippen molar-refractivity contribution in [3.05, 3.63) is 28.7 Å². The van der Waals surface area contributed by atoms with E-state index in [1.54, 1.807) is 11.8 Å². The molecule has 1 saturated heterocycles. The molecule has 0 aliphatic carbocycles. The lowest BCUT2D eigenvalue weighted by Crippen LogP contribution is -2.52. The highest BCUT2D eigenvalue weighted by Crippen LogP contribution is 2.23. The molecule has 0 aromatic heterocycles. The first-order valence-electron chi connectivity index (χ1n) is 6.50. The van der Waals surface area contributed by atoms with Crippen LogP contribution in [0.1, 0.15) is 6.92 Å². The van der Waals surface area contributed by atoms with Crippen molar-refractivity contribution in [1.29, 1.82) is 0 Å². The molecule has 0 saturated carbocycles. The Morgan fingerprint density at radius 3 is 2.90 bits per heavy atom. The van der Waals surface area contributed by atoms with Crippen molar-refractivity contribution < 1.29 is 19.4 Å². The summed E-state index contributed by atoms with van der Waals surface area (Å²) in [6.45, 7) is 2.32. The summed E-state index contributed by atoms with van der Waals surface area (Å²) in [6, 6.07) is 7.71. The zero-order valence-electron chi connectivity index (χ0n) is 11.5. The number of benzene rings is 1. The molecule has 21 heavy (non-hydrogen) atoms. The van der Waals surface area contributed by atoms with E-state index < -0.39 is 12.1 Å². The minimum Gasteiger partial charge on any atom is -0.479 e. The van der Waals surface area contributed by atoms with Gasteiger partial charge in [-0.1, -0.05) is 22.0 Å². The predicted molar refractivity (Wildman–Crippen MR) is 83.4 cm³/mol. The molecule has 1 aromatic carbocycles. The average Bonchev–Trinajstić information content (AvgIpc) is 2.44. The molecule has 1 unspecified atom stereocenters. The SMILES string of the molecule is C[C@@H]1CN(C(=O)CSc2cccc(Br)c2)CC(C(=O)O)O1. The van der Waals surface area contributed by atoms with Crippen LogP contribution in [0, 0.1) is 0 Å². The van der Waals surface area contributed by atoms with Crippen molar-refractivity contribution >= 4 is 39.6 Å². The summed E-state index contributed by atoms with van der Waals surface area (Å²) in [5, 5.41) is 9.02. The molecule has 2 rings (SSSR count). The molecular formula is C14H16BrNO4S. The van der Waals surface area contributed by atoms with Crippen LogP contribution in [0.2, 0.25) is 0 Å². The normalized spacial score (nSPS) is 22.1. The number of thioether (sulfide) groups is 1. The molecule has 0 bridgehead atoms. The summed E-state index contributed by atoms with van der Waals surface area (Å²) in [4.78, 5) is 25.8. The fourth-order valence-electron chi connectivity index (χ4n) is 2.08. The number of ether oxygens (including phenoxy) is 1. The Hall–Kier alpha value is -1.05. The molecule has 1 fully saturated rings. The Morgan fingerprint density at radius 1 is 1.48 bits per heavy atom. The lowest BCUT2D eigenvalue weighted by molar-refractivity contribution is -0.165. The second-order valence-electron chi connectivity index (χ2n) is 4.82. The highest BCUT2D eigenvalue weighted by atomic mass is 79.9. The van der Waals surface area contributed by atoms with E-state index in [1.165, 1.54) is 11.8 Å². The number of aliphatic carboxylic acids is 1. The summed E-state index contributed by atoms with van der Waals surface area (Å²) in [5.41, 5.74) is 0. The Labute approximate surface area is 135 Å². The number of hydrogen-bond donors (Lipinski definition) is 1. The van der Waals surface area contributed by atoms with Gasteiger partial charge in [-0.15, -0.1) is 11.8 Å². The van der Waals surface area contributed by atoms with Crippen molar-refractivity contribution in [2.24, 2.45) is 0 Å². The monoisotopic (exact) mass is 373 g/mol. The second-order valence-corrected chi connectivity index (χ2v) is 6.78. The highest BCUT2D eigenvalue weighted by molar-refractivity contribution is 9.10. The zero-order valence-corrected chi connectivity index (χ0v) is 13.9. The predicted octanol–water partition coefficient (Wildman–Crippen LogP) is 2.24. The van der Waals surface area contributed by atoms with Gasteiger partial charge in [-0.3, -0.25) is 4.79 Å². The van der Waals surface area contributed by atoms with Crippen LogP contribution in [0.3, 0.4) is 0 Å². The van der Waals surface area contributed by atoms with Crippen molar-refractivity contribution in [3.8, 4) is 0 Å². The third kappa shape index (κ3) is 4.72. The van der Waals surface area contributed by atoms with E-state index in [0.717, 1.165) is 9.37 Å². The van der Waals surface area contributed by atoms with Gasteiger partial charge in [-0.2, -0.15) is 0 Å². The van der Waals surface area contributed by atoms with Crippen LogP contribution in [0.5, 0.6) is 0 Å². The molecule has 0 spiro atoms. The minimum atomic E-state index is -1.03. The van der Waals surface area contributed by atoms with Gasteiger partial charge in [-0.05, 0) is 25.1 Å². The van der Waals surface area contributed by atoms with E-state index in [4.69, 9.17) is 9.84 Å². The van der Waals surface area contributed by atoms with E-state index in [-0.39, 0.29) is 24.3 Å². The van der Waals surface area contributed by atoms with Gasteiger partial charge >= 0.3 is 5.97 Å². The third-order valence-corrected chi connectivity index (χ3v) is 4.52. The number of carbonyl (C=O) groups excluding carboxylic acids is 1. The number of hydrogen-bond acceptors (Lipinski definition) is 4. The quantitative estimate of drug-likeness (QED) is 0.819. The van der Waals surface area contributed by atoms with Crippen LogP contribution < -0.4 is 0 Å². The Balaban J connectivity index is 1.92. The van der Waals surface area contributed by atoms with Crippen molar-refractivity contribution in [2.45, 2.75) is 24.0 Å². The maximum atomic E-state index is 12.2. The van der Waals surface area contributed by atoms with Gasteiger partial charge in [0, 0.05) is 15.9 Å². The summed E-state index contributed by atoms with van der Waals surface area (Å²) in [7, 11) is 0. The van der Waals surface area contributed by atoms with Crippen LogP contribution in [-0.4, -0.2) is 52.9 Å². The Morgan fingerprint density at radius 2 is 2.24 bits per heavy atom. The first-order chi connectivity index (χ1) is 9.95. The van der Waals surface area contributed by atoms with Gasteiger partial charge < -0.3 is 14.7 Å². The minimum absolute atomic E-state index is 0.0682. The number of nitrogens with zero attached hydrogens (tertiary/aromatic N) is 1. The van der Waals surface area contributed by atoms with Crippen LogP contribution in [0.25, 0.3) is 0 Å². The fourth-order valence-corrected chi connectivity index (χ4v) is 3.49. The smallest absolute Gasteiger partial charge is 0.334 e. The van der Waals surface area contributed by atoms with E-state index >= 15 is 0 Å². The molecule has 1 N–H and O–H groups in total. The topological polar surface area (TPSA) is 66.8 Å². The van der Waals surface area contributed by atoms with E-state index in [1.807, 2.05) is 24.3 Å². The standard InChI is InChI=1S/C14H16BrNO4S/c1-9-6-16(7-12(20-9)14(18)19)13(17)8-21-11-4-2-3-10(15)5-11/h2-5,9,12H,6-8H2,1H3,(H,18,19)/t9-,12?/m1/s1. The van der Waals surface area contributed by atoms with Gasteiger partial charge in [0.1, 0.15) is 0 Å². The largest absolute Gasteiger partial charge is 0.479 e. The molecule has 1 heterocycles. The second kappa shape index (κ2) is 7.29. The van der Waals surface area contributed by atoms with Crippen LogP contribution in [0.4, 0.5) is 0 Å². The maximum absolute atomic E-state index is 12.2. The molecule has 114 valence electrons. The lowest BCUT2D eigenvalue weighted by atomic mass is 10.2. The fraction of sp³-hybridized carbons (Fsp3) is 0.429. The number of carboxylic acids is 1. The number of amides is 1. The summed E-state index contributed by atoms with van der Waals surface area (Å²) in [6.07, 6.45) is -1.20. The zero-order chi connectivity index (χ0) is 15.4. The number of morpholine rings is 1. The van der Waals surface area contributed by atoms with E-state index in [9.17, 15) is 9.59 Å². The Bertz CT molecular complexity index is 539. The molecule has 1 aliphatic heterocycles. The summed E-state index contributed by atoms with van der Waals surface area (Å²) < 4.78 is 6.26. The van der Waals surface area contributed by atoms with Gasteiger partial charge in [0.25, 0.3) is 0 Å². The summed E-state index contributed by atoms with van der Waals surface area (Å²) in [5.74, 6) is -0.810. The van der Waals surface area contributed by atoms with Gasteiger partial charge in [-0.25, -0.2) is 4.79 Å². The molecule has 5 nitrogen and oxygen atoms in total. The average molecular weight is 374 g/mol. The lowest BCUT2D eigenvalue weighted by Gasteiger charge is -2.34. The van der Waals surface area contributed by atoms with Crippen molar-refractivity contribution in [1.82, 2.24) is 4.90 Å². The number of carbonyl (C=O) groups is 2. The molecule has 2 atom stereocenters. The number of halogens is 1. The molecule has 1 amide bonds. The first-order valence-corrected chi connectivity index (χ1v) is 8.28. The molecule has 1 aliphatic rings.